The zero-order valence-electron chi connectivity index (χ0n) is 23.2. The van der Waals surface area contributed by atoms with Gasteiger partial charge in [-0.2, -0.15) is 13.2 Å². The fourth-order valence-corrected chi connectivity index (χ4v) is 7.02. The normalized spacial score (nSPS) is 16.0. The predicted octanol–water partition coefficient (Wildman–Crippen LogP) is 4.82. The Labute approximate surface area is 241 Å². The Balaban J connectivity index is 1.75. The highest BCUT2D eigenvalue weighted by molar-refractivity contribution is 7.93. The van der Waals surface area contributed by atoms with E-state index in [2.05, 4.69) is 15.3 Å². The minimum atomic E-state index is -4.81. The monoisotopic (exact) mass is 630 g/mol. The van der Waals surface area contributed by atoms with Gasteiger partial charge >= 0.3 is 12.3 Å². The number of sulfonamides is 1. The first kappa shape index (κ1) is 31.2. The summed E-state index contributed by atoms with van der Waals surface area (Å²) in [7, 11) is -8.80. The van der Waals surface area contributed by atoms with Gasteiger partial charge in [-0.3, -0.25) is 9.62 Å². The molecule has 1 amide bonds. The lowest BCUT2D eigenvalue weighted by atomic mass is 10.2. The van der Waals surface area contributed by atoms with E-state index >= 15 is 0 Å². The van der Waals surface area contributed by atoms with Crippen molar-refractivity contribution in [3.63, 3.8) is 0 Å². The van der Waals surface area contributed by atoms with Gasteiger partial charge in [-0.15, -0.1) is 0 Å². The lowest BCUT2D eigenvalue weighted by Crippen LogP contribution is -2.46. The third-order valence-corrected chi connectivity index (χ3v) is 9.46. The summed E-state index contributed by atoms with van der Waals surface area (Å²) in [5, 5.41) is 2.15. The quantitative estimate of drug-likeness (QED) is 0.394. The number of benzene rings is 2. The number of carbonyl (C=O) groups excluding carboxylic acids is 1. The molecule has 1 aliphatic heterocycles. The Morgan fingerprint density at radius 2 is 1.81 bits per heavy atom. The lowest BCUT2D eigenvalue weighted by Gasteiger charge is -2.35. The first-order valence-electron chi connectivity index (χ1n) is 12.5. The molecule has 1 atom stereocenters. The number of aromatic amines is 1. The van der Waals surface area contributed by atoms with Crippen molar-refractivity contribution in [1.82, 2.24) is 9.97 Å². The van der Waals surface area contributed by atoms with Gasteiger partial charge in [-0.05, 0) is 71.0 Å². The Hall–Kier alpha value is -3.79. The summed E-state index contributed by atoms with van der Waals surface area (Å²) in [5.74, 6) is -0.760. The van der Waals surface area contributed by atoms with Crippen LogP contribution in [-0.4, -0.2) is 56.9 Å². The van der Waals surface area contributed by atoms with Crippen molar-refractivity contribution >= 4 is 37.3 Å². The van der Waals surface area contributed by atoms with Crippen molar-refractivity contribution in [2.75, 3.05) is 21.9 Å². The van der Waals surface area contributed by atoms with Crippen LogP contribution in [0.25, 0.3) is 0 Å². The molecule has 4 rings (SSSR count). The van der Waals surface area contributed by atoms with E-state index in [1.165, 1.54) is 18.2 Å². The number of anilines is 2. The van der Waals surface area contributed by atoms with Crippen LogP contribution >= 0.6 is 0 Å². The van der Waals surface area contributed by atoms with Gasteiger partial charge in [0.15, 0.2) is 0 Å². The van der Waals surface area contributed by atoms with Crippen LogP contribution in [0.1, 0.15) is 37.7 Å². The molecular formula is C26H29F3N4O7S2. The molecule has 0 saturated heterocycles. The van der Waals surface area contributed by atoms with E-state index in [1.54, 1.807) is 34.6 Å². The van der Waals surface area contributed by atoms with E-state index in [-0.39, 0.29) is 22.3 Å². The van der Waals surface area contributed by atoms with Crippen molar-refractivity contribution in [2.45, 2.75) is 62.6 Å². The van der Waals surface area contributed by atoms with E-state index in [0.29, 0.717) is 17.5 Å². The number of nitrogens with one attached hydrogen (secondary N) is 2. The maximum Gasteiger partial charge on any atom is 0.416 e. The zero-order valence-corrected chi connectivity index (χ0v) is 24.9. The molecule has 2 heterocycles. The average Bonchev–Trinajstić information content (AvgIpc) is 3.21. The average molecular weight is 631 g/mol. The fraction of sp³-hybridized carbons (Fsp3) is 0.385. The van der Waals surface area contributed by atoms with E-state index in [1.807, 2.05) is 0 Å². The highest BCUT2D eigenvalue weighted by Crippen LogP contribution is 2.40. The van der Waals surface area contributed by atoms with Crippen molar-refractivity contribution in [1.29, 1.82) is 0 Å². The summed E-state index contributed by atoms with van der Waals surface area (Å²) in [6.45, 7) is 7.63. The summed E-state index contributed by atoms with van der Waals surface area (Å²) < 4.78 is 106. The van der Waals surface area contributed by atoms with Gasteiger partial charge < -0.3 is 14.5 Å². The summed E-state index contributed by atoms with van der Waals surface area (Å²) in [6.07, 6.45) is -6.91. The number of H-pyrrole nitrogens is 1. The number of nitrogens with zero attached hydrogens (tertiary/aromatic N) is 2. The molecule has 0 bridgehead atoms. The van der Waals surface area contributed by atoms with Crippen LogP contribution in [0.3, 0.4) is 0 Å². The molecule has 1 aromatic heterocycles. The van der Waals surface area contributed by atoms with Crippen molar-refractivity contribution in [3.8, 4) is 5.75 Å². The Morgan fingerprint density at radius 1 is 1.12 bits per heavy atom. The molecule has 0 radical (unpaired) electrons. The number of imidazole rings is 1. The van der Waals surface area contributed by atoms with E-state index in [9.17, 15) is 34.8 Å². The van der Waals surface area contributed by atoms with Crippen molar-refractivity contribution in [2.24, 2.45) is 0 Å². The van der Waals surface area contributed by atoms with Gasteiger partial charge in [-0.1, -0.05) is 6.07 Å². The van der Waals surface area contributed by atoms with Crippen LogP contribution in [0.4, 0.5) is 29.3 Å². The standard InChI is InChI=1S/C26H29F3N4O7S2/c1-15-16(2)31-23(30-15)41(35,36)14-19-13-33(42(37,38)20-8-6-7-17(11-20)26(27,28)29)21-12-18(9-10-22(21)39-19)32-24(34)40-25(3,4)5/h6-12,19H,13-14H2,1-5H3,(H,30,31)(H,32,34). The van der Waals surface area contributed by atoms with E-state index in [0.717, 1.165) is 22.5 Å². The Kier molecular flexibility index (Phi) is 8.01. The number of alkyl halides is 3. The van der Waals surface area contributed by atoms with Gasteiger partial charge in [0.2, 0.25) is 15.0 Å². The molecule has 2 N–H and O–H groups in total. The van der Waals surface area contributed by atoms with Crippen LogP contribution in [-0.2, 0) is 30.8 Å². The molecule has 3 aromatic rings. The van der Waals surface area contributed by atoms with Gasteiger partial charge in [-0.25, -0.2) is 26.6 Å². The molecule has 0 fully saturated rings. The highest BCUT2D eigenvalue weighted by atomic mass is 32.2. The fourth-order valence-electron chi connectivity index (χ4n) is 4.07. The van der Waals surface area contributed by atoms with Crippen LogP contribution in [0.15, 0.2) is 52.5 Å². The first-order valence-corrected chi connectivity index (χ1v) is 15.6. The number of hydrogen-bond donors (Lipinski definition) is 2. The number of ether oxygens (including phenoxy) is 2. The summed E-state index contributed by atoms with van der Waals surface area (Å²) in [4.78, 5) is 18.3. The SMILES string of the molecule is Cc1nc(S(=O)(=O)CC2CN(S(=O)(=O)c3cccc(C(F)(F)F)c3)c3cc(NC(=O)OC(C)(C)C)ccc3O2)[nH]c1C. The first-order chi connectivity index (χ1) is 19.3. The molecule has 0 saturated carbocycles. The Morgan fingerprint density at radius 3 is 2.40 bits per heavy atom. The smallest absolute Gasteiger partial charge is 0.416 e. The van der Waals surface area contributed by atoms with Crippen LogP contribution < -0.4 is 14.4 Å². The van der Waals surface area contributed by atoms with Crippen LogP contribution in [0, 0.1) is 13.8 Å². The third kappa shape index (κ3) is 6.81. The number of carbonyl (C=O) groups is 1. The van der Waals surface area contributed by atoms with Gasteiger partial charge in [0.1, 0.15) is 17.5 Å². The number of aromatic nitrogens is 2. The Bertz CT molecular complexity index is 1710. The molecule has 11 nitrogen and oxygen atoms in total. The van der Waals surface area contributed by atoms with Crippen LogP contribution in [0.5, 0.6) is 5.75 Å². The van der Waals surface area contributed by atoms with Crippen molar-refractivity contribution < 1.29 is 44.3 Å². The summed E-state index contributed by atoms with van der Waals surface area (Å²) in [5.41, 5.74) is -1.04. The maximum atomic E-state index is 13.8. The topological polar surface area (TPSA) is 148 Å². The molecule has 42 heavy (non-hydrogen) atoms. The second kappa shape index (κ2) is 10.8. The number of amides is 1. The second-order valence-electron chi connectivity index (χ2n) is 10.6. The number of rotatable bonds is 6. The maximum absolute atomic E-state index is 13.8. The summed E-state index contributed by atoms with van der Waals surface area (Å²) in [6, 6.07) is 7.13. The molecule has 2 aromatic carbocycles. The van der Waals surface area contributed by atoms with Crippen LogP contribution in [0.2, 0.25) is 0 Å². The minimum Gasteiger partial charge on any atom is -0.485 e. The van der Waals surface area contributed by atoms with E-state index in [4.69, 9.17) is 9.47 Å². The molecule has 16 heteroatoms. The van der Waals surface area contributed by atoms with Gasteiger partial charge in [0, 0.05) is 11.4 Å². The second-order valence-corrected chi connectivity index (χ2v) is 14.5. The molecular weight excluding hydrogens is 601 g/mol. The lowest BCUT2D eigenvalue weighted by molar-refractivity contribution is -0.137. The zero-order chi connectivity index (χ0) is 31.3. The minimum absolute atomic E-state index is 0.0708. The molecule has 0 spiro atoms. The van der Waals surface area contributed by atoms with Gasteiger partial charge in [0.25, 0.3) is 10.0 Å². The number of hydrogen-bond acceptors (Lipinski definition) is 8. The molecule has 228 valence electrons. The highest BCUT2D eigenvalue weighted by Gasteiger charge is 2.39. The predicted molar refractivity (Wildman–Crippen MR) is 147 cm³/mol. The number of halogens is 3. The largest absolute Gasteiger partial charge is 0.485 e. The van der Waals surface area contributed by atoms with Crippen molar-refractivity contribution in [3.05, 3.63) is 59.4 Å². The summed E-state index contributed by atoms with van der Waals surface area (Å²) >= 11 is 0. The van der Waals surface area contributed by atoms with E-state index < -0.39 is 66.6 Å². The third-order valence-electron chi connectivity index (χ3n) is 6.09. The van der Waals surface area contributed by atoms with Gasteiger partial charge in [0.05, 0.1) is 34.1 Å². The molecule has 1 unspecified atom stereocenters. The number of sulfone groups is 1. The number of fused-ring (bicyclic) bond motifs is 1. The molecule has 0 aliphatic carbocycles. The number of aryl methyl sites for hydroxylation is 2. The molecule has 1 aliphatic rings.